The van der Waals surface area contributed by atoms with E-state index >= 15 is 0 Å². The fourth-order valence-electron chi connectivity index (χ4n) is 2.29. The van der Waals surface area contributed by atoms with Crippen LogP contribution in [0.2, 0.25) is 0 Å². The van der Waals surface area contributed by atoms with Crippen molar-refractivity contribution in [3.63, 3.8) is 0 Å². The zero-order valence-corrected chi connectivity index (χ0v) is 11.1. The minimum absolute atomic E-state index is 0.109. The first-order chi connectivity index (χ1) is 9.22. The van der Waals surface area contributed by atoms with E-state index in [2.05, 4.69) is 6.07 Å². The average Bonchev–Trinajstić information content (AvgIpc) is 2.98. The van der Waals surface area contributed by atoms with Gasteiger partial charge in [-0.3, -0.25) is 4.79 Å². The normalized spacial score (nSPS) is 19.7. The third-order valence-electron chi connectivity index (χ3n) is 3.54. The van der Waals surface area contributed by atoms with Gasteiger partial charge < -0.3 is 9.64 Å². The Bertz CT molecular complexity index is 461. The molecule has 1 saturated heterocycles. The molecule has 1 heterocycles. The highest BCUT2D eigenvalue weighted by molar-refractivity contribution is 5.81. The number of nitrogens with zero attached hydrogens (tertiary/aromatic N) is 2. The second kappa shape index (κ2) is 6.35. The van der Waals surface area contributed by atoms with Crippen molar-refractivity contribution in [3.8, 4) is 6.07 Å². The number of nitriles is 1. The van der Waals surface area contributed by atoms with Gasteiger partial charge in [-0.1, -0.05) is 30.3 Å². The fraction of sp³-hybridized carbons (Fsp3) is 0.467. The summed E-state index contributed by atoms with van der Waals surface area (Å²) in [6.07, 6.45) is 1.32. The van der Waals surface area contributed by atoms with Crippen LogP contribution in [0, 0.1) is 17.2 Å². The molecule has 2 rings (SSSR count). The number of hydrogen-bond acceptors (Lipinski definition) is 3. The Hall–Kier alpha value is -1.86. The predicted octanol–water partition coefficient (Wildman–Crippen LogP) is 1.62. The molecule has 0 saturated carbocycles. The first-order valence-electron chi connectivity index (χ1n) is 6.50. The SMILES string of the molecule is CN(C(=O)C(C#N)Cc1ccccc1)C1CCOC1. The van der Waals surface area contributed by atoms with Crippen molar-refractivity contribution < 1.29 is 9.53 Å². The highest BCUT2D eigenvalue weighted by Crippen LogP contribution is 2.16. The topological polar surface area (TPSA) is 53.3 Å². The molecule has 0 bridgehead atoms. The molecular weight excluding hydrogens is 240 g/mol. The van der Waals surface area contributed by atoms with Gasteiger partial charge in [0.1, 0.15) is 5.92 Å². The number of ether oxygens (including phenoxy) is 1. The Morgan fingerprint density at radius 2 is 2.26 bits per heavy atom. The van der Waals surface area contributed by atoms with Crippen LogP contribution in [-0.4, -0.2) is 37.1 Å². The summed E-state index contributed by atoms with van der Waals surface area (Å²) >= 11 is 0. The molecule has 4 nitrogen and oxygen atoms in total. The summed E-state index contributed by atoms with van der Waals surface area (Å²) in [6, 6.07) is 11.9. The minimum Gasteiger partial charge on any atom is -0.379 e. The van der Waals surface area contributed by atoms with Crippen LogP contribution in [0.4, 0.5) is 0 Å². The van der Waals surface area contributed by atoms with Crippen molar-refractivity contribution in [1.82, 2.24) is 4.90 Å². The van der Waals surface area contributed by atoms with Crippen molar-refractivity contribution in [3.05, 3.63) is 35.9 Å². The third kappa shape index (κ3) is 3.33. The second-order valence-electron chi connectivity index (χ2n) is 4.84. The van der Waals surface area contributed by atoms with Crippen molar-refractivity contribution in [1.29, 1.82) is 5.26 Å². The summed E-state index contributed by atoms with van der Waals surface area (Å²) in [4.78, 5) is 14.0. The Kier molecular flexibility index (Phi) is 4.53. The molecule has 2 atom stereocenters. The molecule has 0 radical (unpaired) electrons. The van der Waals surface area contributed by atoms with E-state index in [1.807, 2.05) is 30.3 Å². The molecular formula is C15H18N2O2. The van der Waals surface area contributed by atoms with E-state index in [0.717, 1.165) is 12.0 Å². The Labute approximate surface area is 113 Å². The van der Waals surface area contributed by atoms with Crippen LogP contribution in [0.25, 0.3) is 0 Å². The summed E-state index contributed by atoms with van der Waals surface area (Å²) in [5, 5.41) is 9.22. The van der Waals surface area contributed by atoms with Gasteiger partial charge in [0.2, 0.25) is 5.91 Å². The van der Waals surface area contributed by atoms with Gasteiger partial charge in [0.05, 0.1) is 18.7 Å². The van der Waals surface area contributed by atoms with Crippen LogP contribution < -0.4 is 0 Å². The van der Waals surface area contributed by atoms with Crippen molar-refractivity contribution in [2.45, 2.75) is 18.9 Å². The maximum absolute atomic E-state index is 12.3. The standard InChI is InChI=1S/C15H18N2O2/c1-17(14-7-8-19-11-14)15(18)13(10-16)9-12-5-3-2-4-6-12/h2-6,13-14H,7-9,11H2,1H3. The number of hydrogen-bond donors (Lipinski definition) is 0. The first kappa shape index (κ1) is 13.6. The lowest BCUT2D eigenvalue weighted by Gasteiger charge is -2.25. The van der Waals surface area contributed by atoms with Gasteiger partial charge in [0.15, 0.2) is 0 Å². The molecule has 1 aliphatic rings. The van der Waals surface area contributed by atoms with Gasteiger partial charge in [0, 0.05) is 13.7 Å². The minimum atomic E-state index is -0.618. The molecule has 1 aromatic rings. The molecule has 0 N–H and O–H groups in total. The summed E-state index contributed by atoms with van der Waals surface area (Å²) < 4.78 is 5.28. The molecule has 0 aliphatic carbocycles. The molecule has 1 fully saturated rings. The molecule has 1 aromatic carbocycles. The molecule has 0 aromatic heterocycles. The number of carbonyl (C=O) groups is 1. The summed E-state index contributed by atoms with van der Waals surface area (Å²) in [6.45, 7) is 1.27. The quantitative estimate of drug-likeness (QED) is 0.824. The van der Waals surface area contributed by atoms with E-state index in [0.29, 0.717) is 19.6 Å². The number of rotatable bonds is 4. The van der Waals surface area contributed by atoms with Crippen LogP contribution in [0.5, 0.6) is 0 Å². The van der Waals surface area contributed by atoms with E-state index in [-0.39, 0.29) is 11.9 Å². The van der Waals surface area contributed by atoms with Gasteiger partial charge in [-0.2, -0.15) is 5.26 Å². The van der Waals surface area contributed by atoms with E-state index in [1.54, 1.807) is 11.9 Å². The van der Waals surface area contributed by atoms with E-state index in [4.69, 9.17) is 4.74 Å². The molecule has 4 heteroatoms. The molecule has 1 amide bonds. The van der Waals surface area contributed by atoms with Crippen molar-refractivity contribution in [2.75, 3.05) is 20.3 Å². The zero-order chi connectivity index (χ0) is 13.7. The lowest BCUT2D eigenvalue weighted by Crippen LogP contribution is -2.41. The molecule has 19 heavy (non-hydrogen) atoms. The largest absolute Gasteiger partial charge is 0.379 e. The molecule has 1 aliphatic heterocycles. The third-order valence-corrected chi connectivity index (χ3v) is 3.54. The van der Waals surface area contributed by atoms with Gasteiger partial charge >= 0.3 is 0 Å². The van der Waals surface area contributed by atoms with Crippen LogP contribution in [0.15, 0.2) is 30.3 Å². The maximum Gasteiger partial charge on any atom is 0.240 e. The van der Waals surface area contributed by atoms with E-state index < -0.39 is 5.92 Å². The maximum atomic E-state index is 12.3. The number of amides is 1. The van der Waals surface area contributed by atoms with Crippen molar-refractivity contribution >= 4 is 5.91 Å². The fourth-order valence-corrected chi connectivity index (χ4v) is 2.29. The lowest BCUT2D eigenvalue weighted by atomic mass is 9.99. The zero-order valence-electron chi connectivity index (χ0n) is 11.1. The number of carbonyl (C=O) groups excluding carboxylic acids is 1. The highest BCUT2D eigenvalue weighted by atomic mass is 16.5. The first-order valence-corrected chi connectivity index (χ1v) is 6.50. The van der Waals surface area contributed by atoms with E-state index in [1.165, 1.54) is 0 Å². The smallest absolute Gasteiger partial charge is 0.240 e. The summed E-state index contributed by atoms with van der Waals surface area (Å²) in [5.74, 6) is -0.727. The summed E-state index contributed by atoms with van der Waals surface area (Å²) in [5.41, 5.74) is 1.01. The van der Waals surface area contributed by atoms with Gasteiger partial charge in [-0.05, 0) is 18.4 Å². The van der Waals surface area contributed by atoms with E-state index in [9.17, 15) is 10.1 Å². The van der Waals surface area contributed by atoms with Crippen LogP contribution >= 0.6 is 0 Å². The van der Waals surface area contributed by atoms with Crippen molar-refractivity contribution in [2.24, 2.45) is 5.92 Å². The predicted molar refractivity (Wildman–Crippen MR) is 71.2 cm³/mol. The van der Waals surface area contributed by atoms with Crippen LogP contribution in [0.1, 0.15) is 12.0 Å². The van der Waals surface area contributed by atoms with Crippen LogP contribution in [-0.2, 0) is 16.0 Å². The molecule has 100 valence electrons. The second-order valence-corrected chi connectivity index (χ2v) is 4.84. The Balaban J connectivity index is 2.01. The van der Waals surface area contributed by atoms with Gasteiger partial charge in [0.25, 0.3) is 0 Å². The van der Waals surface area contributed by atoms with Gasteiger partial charge in [-0.15, -0.1) is 0 Å². The average molecular weight is 258 g/mol. The molecule has 2 unspecified atom stereocenters. The Morgan fingerprint density at radius 1 is 1.53 bits per heavy atom. The Morgan fingerprint density at radius 3 is 2.84 bits per heavy atom. The lowest BCUT2D eigenvalue weighted by molar-refractivity contribution is -0.134. The van der Waals surface area contributed by atoms with Crippen LogP contribution in [0.3, 0.4) is 0 Å². The number of benzene rings is 1. The highest BCUT2D eigenvalue weighted by Gasteiger charge is 2.29. The summed E-state index contributed by atoms with van der Waals surface area (Å²) in [7, 11) is 1.76. The number of likely N-dealkylation sites (N-methyl/N-ethyl adjacent to an activating group) is 1. The molecule has 0 spiro atoms. The monoisotopic (exact) mass is 258 g/mol. The van der Waals surface area contributed by atoms with Gasteiger partial charge in [-0.25, -0.2) is 0 Å².